The molecule has 6 heteroatoms. The van der Waals surface area contributed by atoms with Gasteiger partial charge in [-0.05, 0) is 19.3 Å². The van der Waals surface area contributed by atoms with E-state index >= 15 is 0 Å². The average Bonchev–Trinajstić information content (AvgIpc) is 2.88. The first kappa shape index (κ1) is 16.5. The molecule has 18 heavy (non-hydrogen) atoms. The molecular formula is C12H23ClN2OS2. The molecule has 0 radical (unpaired) electrons. The molecule has 0 aliphatic carbocycles. The summed E-state index contributed by atoms with van der Waals surface area (Å²) in [6.45, 7) is 3.71. The topological polar surface area (TPSA) is 32.3 Å². The second kappa shape index (κ2) is 9.34. The van der Waals surface area contributed by atoms with E-state index < -0.39 is 0 Å². The van der Waals surface area contributed by atoms with Crippen molar-refractivity contribution in [2.24, 2.45) is 0 Å². The van der Waals surface area contributed by atoms with Crippen molar-refractivity contribution in [3.05, 3.63) is 0 Å². The van der Waals surface area contributed by atoms with E-state index in [1.54, 1.807) is 0 Å². The van der Waals surface area contributed by atoms with Crippen LogP contribution in [0.5, 0.6) is 0 Å². The van der Waals surface area contributed by atoms with Crippen LogP contribution in [0.1, 0.15) is 32.1 Å². The molecule has 106 valence electrons. The number of unbranched alkanes of at least 4 members (excludes halogenated alkanes) is 1. The minimum atomic E-state index is 0. The van der Waals surface area contributed by atoms with Crippen molar-refractivity contribution < 1.29 is 4.79 Å². The minimum absolute atomic E-state index is 0. The monoisotopic (exact) mass is 310 g/mol. The van der Waals surface area contributed by atoms with Crippen LogP contribution in [-0.2, 0) is 4.79 Å². The maximum Gasteiger partial charge on any atom is 0.222 e. The number of hydrogen-bond acceptors (Lipinski definition) is 4. The van der Waals surface area contributed by atoms with Gasteiger partial charge in [0.1, 0.15) is 0 Å². The van der Waals surface area contributed by atoms with Crippen LogP contribution in [0.3, 0.4) is 0 Å². The molecule has 1 N–H and O–H groups in total. The fourth-order valence-electron chi connectivity index (χ4n) is 2.29. The van der Waals surface area contributed by atoms with E-state index in [0.29, 0.717) is 5.91 Å². The van der Waals surface area contributed by atoms with Gasteiger partial charge in [0.2, 0.25) is 5.91 Å². The minimum Gasteiger partial charge on any atom is -0.340 e. The zero-order chi connectivity index (χ0) is 11.9. The van der Waals surface area contributed by atoms with Gasteiger partial charge in [-0.25, -0.2) is 0 Å². The van der Waals surface area contributed by atoms with Crippen LogP contribution < -0.4 is 5.32 Å². The van der Waals surface area contributed by atoms with E-state index in [1.807, 2.05) is 26.5 Å². The summed E-state index contributed by atoms with van der Waals surface area (Å²) in [6.07, 6.45) is 5.71. The van der Waals surface area contributed by atoms with Gasteiger partial charge in [0, 0.05) is 43.6 Å². The number of hydrogen-bond donors (Lipinski definition) is 1. The zero-order valence-corrected chi connectivity index (χ0v) is 13.2. The van der Waals surface area contributed by atoms with Gasteiger partial charge in [-0.3, -0.25) is 4.79 Å². The maximum absolute atomic E-state index is 11.9. The lowest BCUT2D eigenvalue weighted by molar-refractivity contribution is -0.131. The first-order chi connectivity index (χ1) is 8.36. The molecule has 2 aliphatic heterocycles. The van der Waals surface area contributed by atoms with Crippen molar-refractivity contribution in [3.8, 4) is 0 Å². The molecule has 2 fully saturated rings. The van der Waals surface area contributed by atoms with Gasteiger partial charge >= 0.3 is 0 Å². The Morgan fingerprint density at radius 3 is 2.72 bits per heavy atom. The van der Waals surface area contributed by atoms with E-state index in [4.69, 9.17) is 0 Å². The van der Waals surface area contributed by atoms with E-state index in [2.05, 4.69) is 5.32 Å². The summed E-state index contributed by atoms with van der Waals surface area (Å²) in [5.74, 6) is 1.68. The maximum atomic E-state index is 11.9. The van der Waals surface area contributed by atoms with Crippen molar-refractivity contribution >= 4 is 39.9 Å². The van der Waals surface area contributed by atoms with Crippen LogP contribution in [0.25, 0.3) is 0 Å². The Morgan fingerprint density at radius 2 is 2.06 bits per heavy atom. The van der Waals surface area contributed by atoms with E-state index in [-0.39, 0.29) is 12.4 Å². The number of nitrogens with one attached hydrogen (secondary N) is 1. The molecule has 1 unspecified atom stereocenters. The van der Waals surface area contributed by atoms with Crippen molar-refractivity contribution in [1.29, 1.82) is 0 Å². The number of halogens is 1. The Balaban J connectivity index is 0.00000162. The molecule has 2 saturated heterocycles. The third-order valence-corrected chi connectivity index (χ3v) is 6.37. The summed E-state index contributed by atoms with van der Waals surface area (Å²) in [6, 6.07) is 0. The van der Waals surface area contributed by atoms with E-state index in [1.165, 1.54) is 25.0 Å². The SMILES string of the molecule is Cl.O=C(CCCCC1CCSS1)N1CCNCC1. The summed E-state index contributed by atoms with van der Waals surface area (Å²) in [5.41, 5.74) is 0. The Hall–Kier alpha value is 0.420. The average molecular weight is 311 g/mol. The summed E-state index contributed by atoms with van der Waals surface area (Å²) in [7, 11) is 4.05. The third-order valence-electron chi connectivity index (χ3n) is 3.36. The smallest absolute Gasteiger partial charge is 0.222 e. The largest absolute Gasteiger partial charge is 0.340 e. The summed E-state index contributed by atoms with van der Waals surface area (Å²) >= 11 is 0. The molecule has 0 aromatic carbocycles. The molecule has 3 nitrogen and oxygen atoms in total. The van der Waals surface area contributed by atoms with E-state index in [0.717, 1.165) is 44.3 Å². The highest BCUT2D eigenvalue weighted by Crippen LogP contribution is 2.39. The highest BCUT2D eigenvalue weighted by atomic mass is 35.5. The second-order valence-electron chi connectivity index (χ2n) is 4.71. The second-order valence-corrected chi connectivity index (χ2v) is 7.49. The Kier molecular flexibility index (Phi) is 8.55. The van der Waals surface area contributed by atoms with Gasteiger partial charge in [-0.1, -0.05) is 28.0 Å². The first-order valence-corrected chi connectivity index (χ1v) is 9.01. The van der Waals surface area contributed by atoms with Crippen LogP contribution in [0, 0.1) is 0 Å². The van der Waals surface area contributed by atoms with Gasteiger partial charge in [0.25, 0.3) is 0 Å². The molecule has 0 bridgehead atoms. The summed E-state index contributed by atoms with van der Waals surface area (Å²) < 4.78 is 0. The molecule has 2 rings (SSSR count). The molecular weight excluding hydrogens is 288 g/mol. The molecule has 0 saturated carbocycles. The number of piperazine rings is 1. The lowest BCUT2D eigenvalue weighted by atomic mass is 10.1. The molecule has 0 aromatic heterocycles. The van der Waals surface area contributed by atoms with Crippen LogP contribution in [0.4, 0.5) is 0 Å². The van der Waals surface area contributed by atoms with Crippen molar-refractivity contribution in [1.82, 2.24) is 10.2 Å². The van der Waals surface area contributed by atoms with Gasteiger partial charge in [0.05, 0.1) is 0 Å². The fourth-order valence-corrected chi connectivity index (χ4v) is 5.31. The lowest BCUT2D eigenvalue weighted by Gasteiger charge is -2.27. The fraction of sp³-hybridized carbons (Fsp3) is 0.917. The quantitative estimate of drug-likeness (QED) is 0.625. The highest BCUT2D eigenvalue weighted by molar-refractivity contribution is 8.77. The first-order valence-electron chi connectivity index (χ1n) is 6.63. The summed E-state index contributed by atoms with van der Waals surface area (Å²) in [5, 5.41) is 4.13. The van der Waals surface area contributed by atoms with Crippen molar-refractivity contribution in [2.45, 2.75) is 37.4 Å². The van der Waals surface area contributed by atoms with Gasteiger partial charge in [-0.15, -0.1) is 12.4 Å². The zero-order valence-electron chi connectivity index (χ0n) is 10.7. The van der Waals surface area contributed by atoms with Crippen LogP contribution >= 0.6 is 34.0 Å². The molecule has 0 aromatic rings. The normalized spacial score (nSPS) is 23.8. The van der Waals surface area contributed by atoms with Crippen LogP contribution in [-0.4, -0.2) is 48.0 Å². The number of amides is 1. The Labute approximate surface area is 124 Å². The molecule has 2 aliphatic rings. The predicted octanol–water partition coefficient (Wildman–Crippen LogP) is 2.55. The predicted molar refractivity (Wildman–Crippen MR) is 83.6 cm³/mol. The number of nitrogens with zero attached hydrogens (tertiary/aromatic N) is 1. The van der Waals surface area contributed by atoms with E-state index in [9.17, 15) is 4.79 Å². The summed E-state index contributed by atoms with van der Waals surface area (Å²) in [4.78, 5) is 13.9. The number of carbonyl (C=O) groups is 1. The third kappa shape index (κ3) is 5.59. The molecule has 2 heterocycles. The molecule has 1 atom stereocenters. The van der Waals surface area contributed by atoms with Crippen molar-refractivity contribution in [3.63, 3.8) is 0 Å². The lowest BCUT2D eigenvalue weighted by Crippen LogP contribution is -2.46. The Bertz CT molecular complexity index is 244. The van der Waals surface area contributed by atoms with Crippen molar-refractivity contribution in [2.75, 3.05) is 31.9 Å². The molecule has 1 amide bonds. The van der Waals surface area contributed by atoms with Gasteiger partial charge in [-0.2, -0.15) is 0 Å². The van der Waals surface area contributed by atoms with Gasteiger partial charge in [0.15, 0.2) is 0 Å². The van der Waals surface area contributed by atoms with Gasteiger partial charge < -0.3 is 10.2 Å². The van der Waals surface area contributed by atoms with Crippen LogP contribution in [0.2, 0.25) is 0 Å². The highest BCUT2D eigenvalue weighted by Gasteiger charge is 2.17. The number of rotatable bonds is 5. The standard InChI is InChI=1S/C12H22N2OS2.ClH/c15-12(14-8-6-13-7-9-14)4-2-1-3-11-5-10-16-17-11;/h11,13H,1-10H2;1H. The number of carbonyl (C=O) groups excluding carboxylic acids is 1. The molecule has 0 spiro atoms. The Morgan fingerprint density at radius 1 is 1.28 bits per heavy atom. The van der Waals surface area contributed by atoms with Crippen LogP contribution in [0.15, 0.2) is 0 Å².